The Hall–Kier alpha value is -2.87. The van der Waals surface area contributed by atoms with E-state index < -0.39 is 0 Å². The zero-order chi connectivity index (χ0) is 22.7. The van der Waals surface area contributed by atoms with Gasteiger partial charge in [0.1, 0.15) is 0 Å². The highest BCUT2D eigenvalue weighted by molar-refractivity contribution is 9.10. The quantitative estimate of drug-likeness (QED) is 0.302. The van der Waals surface area contributed by atoms with Crippen molar-refractivity contribution in [2.75, 3.05) is 11.9 Å². The molecule has 0 fully saturated rings. The van der Waals surface area contributed by atoms with Crippen LogP contribution in [0.1, 0.15) is 17.3 Å². The number of ether oxygens (including phenoxy) is 1. The number of aromatic nitrogens is 3. The monoisotopic (exact) mass is 530 g/mol. The Balaban J connectivity index is 1.63. The van der Waals surface area contributed by atoms with Crippen LogP contribution in [0.3, 0.4) is 0 Å². The SMILES string of the molecule is CCOc1nc(-c2ccc(Cl)c(Cl)c2)n(-c2ccc(NC(=O)c3cccc(Br)c3)cc2)n1. The van der Waals surface area contributed by atoms with Gasteiger partial charge in [-0.2, -0.15) is 4.98 Å². The van der Waals surface area contributed by atoms with Crippen LogP contribution in [0.5, 0.6) is 6.01 Å². The van der Waals surface area contributed by atoms with Crippen molar-refractivity contribution in [3.05, 3.63) is 86.8 Å². The molecule has 0 aliphatic carbocycles. The summed E-state index contributed by atoms with van der Waals surface area (Å²) in [6.07, 6.45) is 0. The summed E-state index contributed by atoms with van der Waals surface area (Å²) >= 11 is 15.6. The van der Waals surface area contributed by atoms with E-state index in [0.717, 1.165) is 15.7 Å². The Morgan fingerprint density at radius 2 is 1.84 bits per heavy atom. The zero-order valence-corrected chi connectivity index (χ0v) is 19.9. The van der Waals surface area contributed by atoms with E-state index in [1.165, 1.54) is 0 Å². The maximum absolute atomic E-state index is 12.5. The standard InChI is InChI=1S/C23H17BrCl2N4O2/c1-2-32-23-28-21(14-6-11-19(25)20(26)13-14)30(29-23)18-9-7-17(8-10-18)27-22(31)15-4-3-5-16(24)12-15/h3-13H,2H2,1H3,(H,27,31). The summed E-state index contributed by atoms with van der Waals surface area (Å²) in [5.41, 5.74) is 2.69. The second-order valence-electron chi connectivity index (χ2n) is 6.70. The molecule has 0 atom stereocenters. The lowest BCUT2D eigenvalue weighted by Gasteiger charge is -2.09. The van der Waals surface area contributed by atoms with Crippen molar-refractivity contribution in [1.82, 2.24) is 14.8 Å². The number of halogens is 3. The van der Waals surface area contributed by atoms with Crippen molar-refractivity contribution >= 4 is 50.7 Å². The number of amides is 1. The normalized spacial score (nSPS) is 10.8. The molecule has 4 aromatic rings. The minimum absolute atomic E-state index is 0.199. The molecule has 0 saturated carbocycles. The number of carbonyl (C=O) groups excluding carboxylic acids is 1. The van der Waals surface area contributed by atoms with Gasteiger partial charge < -0.3 is 10.1 Å². The summed E-state index contributed by atoms with van der Waals surface area (Å²) in [7, 11) is 0. The van der Waals surface area contributed by atoms with Gasteiger partial charge in [0, 0.05) is 21.3 Å². The first-order chi connectivity index (χ1) is 15.4. The van der Waals surface area contributed by atoms with Crippen molar-refractivity contribution in [2.45, 2.75) is 6.92 Å². The van der Waals surface area contributed by atoms with Crippen molar-refractivity contribution in [3.63, 3.8) is 0 Å². The third kappa shape index (κ3) is 4.96. The topological polar surface area (TPSA) is 69.0 Å². The van der Waals surface area contributed by atoms with E-state index in [4.69, 9.17) is 27.9 Å². The minimum atomic E-state index is -0.199. The molecule has 3 aromatic carbocycles. The third-order valence-corrected chi connectivity index (χ3v) is 5.73. The average Bonchev–Trinajstić information content (AvgIpc) is 3.20. The highest BCUT2D eigenvalue weighted by Crippen LogP contribution is 2.30. The van der Waals surface area contributed by atoms with Crippen molar-refractivity contribution in [2.24, 2.45) is 0 Å². The van der Waals surface area contributed by atoms with Gasteiger partial charge in [0.2, 0.25) is 0 Å². The number of nitrogens with zero attached hydrogens (tertiary/aromatic N) is 3. The van der Waals surface area contributed by atoms with E-state index in [2.05, 4.69) is 31.3 Å². The Kier molecular flexibility index (Phi) is 6.79. The largest absolute Gasteiger partial charge is 0.463 e. The van der Waals surface area contributed by atoms with Gasteiger partial charge in [-0.25, -0.2) is 4.68 Å². The van der Waals surface area contributed by atoms with Crippen LogP contribution in [0.4, 0.5) is 5.69 Å². The van der Waals surface area contributed by atoms with E-state index in [1.807, 2.05) is 37.3 Å². The molecule has 0 spiro atoms. The second kappa shape index (κ2) is 9.73. The van der Waals surface area contributed by atoms with Gasteiger partial charge in [0.25, 0.3) is 5.91 Å². The summed E-state index contributed by atoms with van der Waals surface area (Å²) in [4.78, 5) is 17.0. The van der Waals surface area contributed by atoms with Crippen LogP contribution < -0.4 is 10.1 Å². The lowest BCUT2D eigenvalue weighted by Crippen LogP contribution is -2.11. The molecule has 0 bridgehead atoms. The second-order valence-corrected chi connectivity index (χ2v) is 8.43. The van der Waals surface area contributed by atoms with Crippen LogP contribution in [-0.2, 0) is 0 Å². The Morgan fingerprint density at radius 3 is 2.53 bits per heavy atom. The number of rotatable bonds is 6. The molecule has 0 saturated heterocycles. The molecule has 6 nitrogen and oxygen atoms in total. The van der Waals surface area contributed by atoms with Gasteiger partial charge in [0.15, 0.2) is 5.82 Å². The molecule has 1 amide bonds. The Bertz CT molecular complexity index is 1280. The van der Waals surface area contributed by atoms with Crippen LogP contribution in [0.15, 0.2) is 71.2 Å². The number of benzene rings is 3. The first-order valence-corrected chi connectivity index (χ1v) is 11.2. The van der Waals surface area contributed by atoms with Gasteiger partial charge in [-0.3, -0.25) is 4.79 Å². The molecule has 162 valence electrons. The van der Waals surface area contributed by atoms with E-state index in [-0.39, 0.29) is 11.9 Å². The van der Waals surface area contributed by atoms with E-state index in [1.54, 1.807) is 41.1 Å². The Morgan fingerprint density at radius 1 is 1.06 bits per heavy atom. The van der Waals surface area contributed by atoms with Crippen molar-refractivity contribution in [1.29, 1.82) is 0 Å². The van der Waals surface area contributed by atoms with Gasteiger partial charge >= 0.3 is 6.01 Å². The summed E-state index contributed by atoms with van der Waals surface area (Å²) in [6, 6.07) is 20.0. The summed E-state index contributed by atoms with van der Waals surface area (Å²) in [6.45, 7) is 2.30. The summed E-state index contributed by atoms with van der Waals surface area (Å²) in [5, 5.41) is 8.22. The van der Waals surface area contributed by atoms with Gasteiger partial charge in [-0.15, -0.1) is 5.10 Å². The van der Waals surface area contributed by atoms with Crippen LogP contribution in [0.25, 0.3) is 17.1 Å². The Labute approximate surface area is 203 Å². The van der Waals surface area contributed by atoms with Gasteiger partial charge in [-0.05, 0) is 67.6 Å². The first-order valence-electron chi connectivity index (χ1n) is 9.67. The van der Waals surface area contributed by atoms with E-state index in [0.29, 0.717) is 33.7 Å². The smallest absolute Gasteiger partial charge is 0.336 e. The van der Waals surface area contributed by atoms with Crippen molar-refractivity contribution in [3.8, 4) is 23.1 Å². The molecule has 32 heavy (non-hydrogen) atoms. The lowest BCUT2D eigenvalue weighted by molar-refractivity contribution is 0.102. The average molecular weight is 532 g/mol. The van der Waals surface area contributed by atoms with Crippen LogP contribution in [0, 0.1) is 0 Å². The fourth-order valence-electron chi connectivity index (χ4n) is 3.00. The van der Waals surface area contributed by atoms with E-state index >= 15 is 0 Å². The molecule has 9 heteroatoms. The molecule has 1 aromatic heterocycles. The van der Waals surface area contributed by atoms with Crippen LogP contribution in [0.2, 0.25) is 10.0 Å². The molecule has 0 radical (unpaired) electrons. The predicted octanol–water partition coefficient (Wildman–Crippen LogP) is 6.65. The molecule has 1 heterocycles. The lowest BCUT2D eigenvalue weighted by atomic mass is 10.2. The molecule has 4 rings (SSSR count). The number of hydrogen-bond donors (Lipinski definition) is 1. The maximum atomic E-state index is 12.5. The van der Waals surface area contributed by atoms with Gasteiger partial charge in [0.05, 0.1) is 22.3 Å². The first kappa shape index (κ1) is 22.3. The van der Waals surface area contributed by atoms with Crippen LogP contribution >= 0.6 is 39.1 Å². The number of carbonyl (C=O) groups is 1. The van der Waals surface area contributed by atoms with Gasteiger partial charge in [-0.1, -0.05) is 45.2 Å². The highest BCUT2D eigenvalue weighted by Gasteiger charge is 2.16. The number of anilines is 1. The minimum Gasteiger partial charge on any atom is -0.463 e. The third-order valence-electron chi connectivity index (χ3n) is 4.50. The highest BCUT2D eigenvalue weighted by atomic mass is 79.9. The molecule has 0 unspecified atom stereocenters. The molecule has 1 N–H and O–H groups in total. The van der Waals surface area contributed by atoms with Crippen molar-refractivity contribution < 1.29 is 9.53 Å². The summed E-state index contributed by atoms with van der Waals surface area (Å²) < 4.78 is 7.99. The zero-order valence-electron chi connectivity index (χ0n) is 16.8. The molecular formula is C23H17BrCl2N4O2. The number of hydrogen-bond acceptors (Lipinski definition) is 4. The number of nitrogens with one attached hydrogen (secondary N) is 1. The fraction of sp³-hybridized carbons (Fsp3) is 0.0870. The van der Waals surface area contributed by atoms with Crippen LogP contribution in [-0.4, -0.2) is 27.3 Å². The summed E-state index contributed by atoms with van der Waals surface area (Å²) in [5.74, 6) is 0.355. The maximum Gasteiger partial charge on any atom is 0.336 e. The molecular weight excluding hydrogens is 515 g/mol. The molecule has 0 aliphatic rings. The predicted molar refractivity (Wildman–Crippen MR) is 130 cm³/mol. The van der Waals surface area contributed by atoms with E-state index in [9.17, 15) is 4.79 Å². The molecule has 0 aliphatic heterocycles. The fourth-order valence-corrected chi connectivity index (χ4v) is 3.70.